The van der Waals surface area contributed by atoms with Gasteiger partial charge in [0.25, 0.3) is 5.91 Å². The molecular formula is C27H27FN4O2S. The highest BCUT2D eigenvalue weighted by atomic mass is 32.1. The summed E-state index contributed by atoms with van der Waals surface area (Å²) in [6.07, 6.45) is 5.86. The average molecular weight is 491 g/mol. The van der Waals surface area contributed by atoms with Crippen molar-refractivity contribution < 1.29 is 14.0 Å². The Morgan fingerprint density at radius 1 is 1.06 bits per heavy atom. The number of halogens is 1. The molecule has 35 heavy (non-hydrogen) atoms. The summed E-state index contributed by atoms with van der Waals surface area (Å²) in [5, 5.41) is 3.27. The molecule has 3 aromatic rings. The van der Waals surface area contributed by atoms with Crippen LogP contribution < -0.4 is 5.32 Å². The van der Waals surface area contributed by atoms with Gasteiger partial charge in [-0.3, -0.25) is 19.8 Å². The van der Waals surface area contributed by atoms with E-state index in [-0.39, 0.29) is 23.5 Å². The number of fused-ring (bicyclic) bond motifs is 1. The lowest BCUT2D eigenvalue weighted by molar-refractivity contribution is -0.134. The summed E-state index contributed by atoms with van der Waals surface area (Å²) in [6.45, 7) is 3.99. The van der Waals surface area contributed by atoms with Gasteiger partial charge in [0.05, 0.1) is 11.6 Å². The number of carbonyl (C=O) groups excluding carboxylic acids is 2. The summed E-state index contributed by atoms with van der Waals surface area (Å²) in [5.74, 6) is -0.842. The standard InChI is InChI=1S/C27H27FN4O2S/c28-21-10-8-20(9-11-21)25(33)30-27-29-24-22(12-13-23(24)35-27)26(34)32-17-15-31(16-18-32)14-4-7-19-5-2-1-3-6-19/h1-11,22H,12-18H2,(H,29,30,33)/b7-4+. The van der Waals surface area contributed by atoms with Crippen molar-refractivity contribution in [3.05, 3.63) is 88.2 Å². The van der Waals surface area contributed by atoms with Crippen LogP contribution in [0.1, 0.15) is 38.8 Å². The second-order valence-corrected chi connectivity index (χ2v) is 9.90. The Hall–Kier alpha value is -3.36. The number of benzene rings is 2. The number of nitrogens with zero attached hydrogens (tertiary/aromatic N) is 3. The van der Waals surface area contributed by atoms with Gasteiger partial charge >= 0.3 is 0 Å². The molecule has 1 fully saturated rings. The molecule has 1 aliphatic carbocycles. The number of hydrogen-bond donors (Lipinski definition) is 1. The van der Waals surface area contributed by atoms with E-state index in [1.54, 1.807) is 0 Å². The summed E-state index contributed by atoms with van der Waals surface area (Å²) < 4.78 is 13.1. The fourth-order valence-electron chi connectivity index (χ4n) is 4.56. The number of hydrogen-bond acceptors (Lipinski definition) is 5. The monoisotopic (exact) mass is 490 g/mol. The molecule has 6 nitrogen and oxygen atoms in total. The number of carbonyl (C=O) groups is 2. The molecule has 1 N–H and O–H groups in total. The van der Waals surface area contributed by atoms with Crippen LogP contribution in [0.3, 0.4) is 0 Å². The molecule has 1 saturated heterocycles. The molecular weight excluding hydrogens is 463 g/mol. The highest BCUT2D eigenvalue weighted by Crippen LogP contribution is 2.39. The van der Waals surface area contributed by atoms with Crippen molar-refractivity contribution in [1.29, 1.82) is 0 Å². The van der Waals surface area contributed by atoms with Gasteiger partial charge < -0.3 is 4.90 Å². The first-order valence-electron chi connectivity index (χ1n) is 11.9. The minimum atomic E-state index is -0.388. The summed E-state index contributed by atoms with van der Waals surface area (Å²) in [5.41, 5.74) is 2.35. The van der Waals surface area contributed by atoms with E-state index in [9.17, 15) is 14.0 Å². The maximum Gasteiger partial charge on any atom is 0.257 e. The van der Waals surface area contributed by atoms with Crippen molar-refractivity contribution in [1.82, 2.24) is 14.8 Å². The van der Waals surface area contributed by atoms with E-state index in [0.717, 1.165) is 43.0 Å². The van der Waals surface area contributed by atoms with Crippen LogP contribution in [0, 0.1) is 5.82 Å². The van der Waals surface area contributed by atoms with Crippen molar-refractivity contribution in [3.8, 4) is 0 Å². The van der Waals surface area contributed by atoms with E-state index < -0.39 is 0 Å². The van der Waals surface area contributed by atoms with Gasteiger partial charge in [-0.2, -0.15) is 0 Å². The molecule has 0 bridgehead atoms. The number of piperazine rings is 1. The maximum absolute atomic E-state index is 13.3. The van der Waals surface area contributed by atoms with Crippen LogP contribution in [0.2, 0.25) is 0 Å². The molecule has 8 heteroatoms. The number of aryl methyl sites for hydroxylation is 1. The third-order valence-electron chi connectivity index (χ3n) is 6.50. The second kappa shape index (κ2) is 10.5. The Labute approximate surface area is 208 Å². The fraction of sp³-hybridized carbons (Fsp3) is 0.296. The first-order chi connectivity index (χ1) is 17.1. The van der Waals surface area contributed by atoms with E-state index in [2.05, 4.69) is 39.5 Å². The van der Waals surface area contributed by atoms with Gasteiger partial charge in [-0.15, -0.1) is 11.3 Å². The Balaban J connectivity index is 1.15. The molecule has 0 saturated carbocycles. The zero-order chi connectivity index (χ0) is 24.2. The van der Waals surface area contributed by atoms with Crippen LogP contribution in [0.25, 0.3) is 6.08 Å². The van der Waals surface area contributed by atoms with E-state index in [4.69, 9.17) is 0 Å². The Morgan fingerprint density at radius 3 is 2.54 bits per heavy atom. The van der Waals surface area contributed by atoms with Crippen LogP contribution in [0.5, 0.6) is 0 Å². The molecule has 2 aromatic carbocycles. The molecule has 1 aromatic heterocycles. The Kier molecular flexibility index (Phi) is 7.01. The van der Waals surface area contributed by atoms with Crippen molar-refractivity contribution in [3.63, 3.8) is 0 Å². The first-order valence-corrected chi connectivity index (χ1v) is 12.7. The minimum absolute atomic E-state index is 0.130. The molecule has 1 unspecified atom stereocenters. The van der Waals surface area contributed by atoms with Crippen molar-refractivity contribution in [2.24, 2.45) is 0 Å². The number of thiazole rings is 1. The molecule has 0 radical (unpaired) electrons. The zero-order valence-corrected chi connectivity index (χ0v) is 20.1. The summed E-state index contributed by atoms with van der Waals surface area (Å²) in [4.78, 5) is 35.7. The lowest BCUT2D eigenvalue weighted by atomic mass is 10.1. The summed E-state index contributed by atoms with van der Waals surface area (Å²) in [6, 6.07) is 15.6. The van der Waals surface area contributed by atoms with Gasteiger partial charge in [0.2, 0.25) is 5.91 Å². The van der Waals surface area contributed by atoms with Gasteiger partial charge in [-0.25, -0.2) is 9.37 Å². The SMILES string of the molecule is O=C(Nc1nc2c(s1)CCC2C(=O)N1CCN(C/C=C/c2ccccc2)CC1)c1ccc(F)cc1. The summed E-state index contributed by atoms with van der Waals surface area (Å²) in [7, 11) is 0. The van der Waals surface area contributed by atoms with Gasteiger partial charge in [0, 0.05) is 43.2 Å². The van der Waals surface area contributed by atoms with Crippen LogP contribution in [0.15, 0.2) is 60.7 Å². The third-order valence-corrected chi connectivity index (χ3v) is 7.55. The fourth-order valence-corrected chi connectivity index (χ4v) is 5.60. The van der Waals surface area contributed by atoms with Crippen LogP contribution >= 0.6 is 11.3 Å². The highest BCUT2D eigenvalue weighted by Gasteiger charge is 2.36. The van der Waals surface area contributed by atoms with Gasteiger partial charge in [-0.1, -0.05) is 42.5 Å². The number of nitrogens with one attached hydrogen (secondary N) is 1. The molecule has 0 spiro atoms. The molecule has 180 valence electrons. The smallest absolute Gasteiger partial charge is 0.257 e. The van der Waals surface area contributed by atoms with Crippen LogP contribution in [0.4, 0.5) is 9.52 Å². The number of amides is 2. The van der Waals surface area contributed by atoms with Gasteiger partial charge in [-0.05, 0) is 42.7 Å². The Morgan fingerprint density at radius 2 is 1.80 bits per heavy atom. The van der Waals surface area contributed by atoms with Crippen molar-refractivity contribution in [2.45, 2.75) is 18.8 Å². The average Bonchev–Trinajstić information content (AvgIpc) is 3.45. The first kappa shape index (κ1) is 23.4. The van der Waals surface area contributed by atoms with E-state index in [1.807, 2.05) is 23.1 Å². The molecule has 2 aliphatic rings. The highest BCUT2D eigenvalue weighted by molar-refractivity contribution is 7.16. The second-order valence-electron chi connectivity index (χ2n) is 8.82. The Bertz CT molecular complexity index is 1220. The molecule has 1 atom stereocenters. The number of rotatable bonds is 6. The van der Waals surface area contributed by atoms with E-state index >= 15 is 0 Å². The quantitative estimate of drug-likeness (QED) is 0.556. The lowest BCUT2D eigenvalue weighted by Gasteiger charge is -2.35. The molecule has 2 amide bonds. The van der Waals surface area contributed by atoms with Gasteiger partial charge in [0.15, 0.2) is 5.13 Å². The molecule has 2 heterocycles. The predicted molar refractivity (Wildman–Crippen MR) is 136 cm³/mol. The largest absolute Gasteiger partial charge is 0.340 e. The van der Waals surface area contributed by atoms with E-state index in [0.29, 0.717) is 23.8 Å². The topological polar surface area (TPSA) is 65.5 Å². The molecule has 1 aliphatic heterocycles. The van der Waals surface area contributed by atoms with Crippen molar-refractivity contribution in [2.75, 3.05) is 38.0 Å². The van der Waals surface area contributed by atoms with Crippen molar-refractivity contribution >= 4 is 34.4 Å². The van der Waals surface area contributed by atoms with Crippen LogP contribution in [-0.2, 0) is 11.2 Å². The minimum Gasteiger partial charge on any atom is -0.340 e. The third kappa shape index (κ3) is 5.49. The van der Waals surface area contributed by atoms with Gasteiger partial charge in [0.1, 0.15) is 5.82 Å². The molecule has 5 rings (SSSR count). The predicted octanol–water partition coefficient (Wildman–Crippen LogP) is 4.42. The lowest BCUT2D eigenvalue weighted by Crippen LogP contribution is -2.49. The summed E-state index contributed by atoms with van der Waals surface area (Å²) >= 11 is 1.42. The normalized spacial score (nSPS) is 18.1. The number of aromatic nitrogens is 1. The zero-order valence-electron chi connectivity index (χ0n) is 19.3. The van der Waals surface area contributed by atoms with Crippen LogP contribution in [-0.4, -0.2) is 59.3 Å². The maximum atomic E-state index is 13.3. The van der Waals surface area contributed by atoms with E-state index in [1.165, 1.54) is 41.2 Å². The number of anilines is 1.